The average molecular weight is 435 g/mol. The SMILES string of the molecule is O=C1Nc2cc(C(=O)NCCc3ccccc3)ccc2SC1=Cc1cccc(Cl)c1. The summed E-state index contributed by atoms with van der Waals surface area (Å²) in [5.41, 5.74) is 3.19. The van der Waals surface area contributed by atoms with Crippen molar-refractivity contribution in [2.75, 3.05) is 11.9 Å². The van der Waals surface area contributed by atoms with Crippen molar-refractivity contribution >= 4 is 46.9 Å². The molecule has 0 unspecified atom stereocenters. The summed E-state index contributed by atoms with van der Waals surface area (Å²) in [6.45, 7) is 0.549. The number of amides is 2. The van der Waals surface area contributed by atoms with Crippen LogP contribution in [0.1, 0.15) is 21.5 Å². The number of halogens is 1. The summed E-state index contributed by atoms with van der Waals surface area (Å²) in [6, 6.07) is 22.7. The molecular weight excluding hydrogens is 416 g/mol. The molecule has 0 radical (unpaired) electrons. The second-order valence-electron chi connectivity index (χ2n) is 6.82. The third-order valence-electron chi connectivity index (χ3n) is 4.62. The highest BCUT2D eigenvalue weighted by molar-refractivity contribution is 8.04. The van der Waals surface area contributed by atoms with Gasteiger partial charge in [-0.3, -0.25) is 9.59 Å². The molecule has 3 aromatic carbocycles. The Morgan fingerprint density at radius 1 is 1.03 bits per heavy atom. The standard InChI is InChI=1S/C24H19ClN2O2S/c25-19-8-4-7-17(13-19)14-22-24(29)27-20-15-18(9-10-21(20)30-22)23(28)26-12-11-16-5-2-1-3-6-16/h1-10,13-15H,11-12H2,(H,26,28)(H,27,29). The molecule has 150 valence electrons. The molecule has 30 heavy (non-hydrogen) atoms. The highest BCUT2D eigenvalue weighted by Gasteiger charge is 2.22. The van der Waals surface area contributed by atoms with Crippen molar-refractivity contribution in [1.29, 1.82) is 0 Å². The van der Waals surface area contributed by atoms with Gasteiger partial charge in [0.1, 0.15) is 0 Å². The third kappa shape index (κ3) is 4.93. The van der Waals surface area contributed by atoms with Crippen LogP contribution in [0, 0.1) is 0 Å². The van der Waals surface area contributed by atoms with E-state index in [0.717, 1.165) is 16.9 Å². The van der Waals surface area contributed by atoms with Crippen LogP contribution < -0.4 is 10.6 Å². The Morgan fingerprint density at radius 2 is 1.87 bits per heavy atom. The van der Waals surface area contributed by atoms with Gasteiger partial charge in [0.25, 0.3) is 11.8 Å². The zero-order valence-corrected chi connectivity index (χ0v) is 17.6. The number of nitrogens with one attached hydrogen (secondary N) is 2. The Hall–Kier alpha value is -3.02. The molecule has 4 nitrogen and oxygen atoms in total. The second-order valence-corrected chi connectivity index (χ2v) is 8.34. The van der Waals surface area contributed by atoms with Gasteiger partial charge in [0.15, 0.2) is 0 Å². The van der Waals surface area contributed by atoms with Gasteiger partial charge in [-0.2, -0.15) is 0 Å². The summed E-state index contributed by atoms with van der Waals surface area (Å²) in [4.78, 5) is 26.5. The van der Waals surface area contributed by atoms with E-state index in [1.165, 1.54) is 17.3 Å². The molecule has 3 aromatic rings. The number of benzene rings is 3. The maximum atomic E-state index is 12.5. The minimum absolute atomic E-state index is 0.159. The van der Waals surface area contributed by atoms with Crippen LogP contribution in [0.2, 0.25) is 5.02 Å². The van der Waals surface area contributed by atoms with E-state index in [9.17, 15) is 9.59 Å². The topological polar surface area (TPSA) is 58.2 Å². The van der Waals surface area contributed by atoms with Crippen LogP contribution in [0.5, 0.6) is 0 Å². The largest absolute Gasteiger partial charge is 0.352 e. The highest BCUT2D eigenvalue weighted by atomic mass is 35.5. The van der Waals surface area contributed by atoms with Gasteiger partial charge < -0.3 is 10.6 Å². The maximum Gasteiger partial charge on any atom is 0.262 e. The van der Waals surface area contributed by atoms with E-state index in [2.05, 4.69) is 10.6 Å². The molecule has 0 atom stereocenters. The number of anilines is 1. The average Bonchev–Trinajstić information content (AvgIpc) is 2.75. The summed E-state index contributed by atoms with van der Waals surface area (Å²) >= 11 is 7.40. The van der Waals surface area contributed by atoms with E-state index in [1.807, 2.05) is 48.5 Å². The molecule has 0 aromatic heterocycles. The van der Waals surface area contributed by atoms with Gasteiger partial charge in [-0.1, -0.05) is 65.8 Å². The molecule has 1 aliphatic rings. The van der Waals surface area contributed by atoms with Gasteiger partial charge in [-0.05, 0) is 54.0 Å². The number of hydrogen-bond donors (Lipinski definition) is 2. The highest BCUT2D eigenvalue weighted by Crippen LogP contribution is 2.39. The van der Waals surface area contributed by atoms with Crippen LogP contribution in [0.4, 0.5) is 5.69 Å². The number of hydrogen-bond acceptors (Lipinski definition) is 3. The zero-order valence-electron chi connectivity index (χ0n) is 16.0. The predicted molar refractivity (Wildman–Crippen MR) is 123 cm³/mol. The smallest absolute Gasteiger partial charge is 0.262 e. The van der Waals surface area contributed by atoms with Crippen LogP contribution in [0.3, 0.4) is 0 Å². The monoisotopic (exact) mass is 434 g/mol. The Balaban J connectivity index is 1.43. The summed E-state index contributed by atoms with van der Waals surface area (Å²) in [5, 5.41) is 6.43. The minimum atomic E-state index is -0.200. The maximum absolute atomic E-state index is 12.5. The summed E-state index contributed by atoms with van der Waals surface area (Å²) < 4.78 is 0. The Labute approximate surface area is 184 Å². The zero-order chi connectivity index (χ0) is 20.9. The van der Waals surface area contributed by atoms with Gasteiger partial charge >= 0.3 is 0 Å². The van der Waals surface area contributed by atoms with Gasteiger partial charge in [-0.15, -0.1) is 0 Å². The molecule has 0 aliphatic carbocycles. The molecule has 2 amide bonds. The second kappa shape index (κ2) is 9.20. The Bertz CT molecular complexity index is 1130. The Morgan fingerprint density at radius 3 is 2.67 bits per heavy atom. The number of fused-ring (bicyclic) bond motifs is 1. The van der Waals surface area contributed by atoms with E-state index < -0.39 is 0 Å². The van der Waals surface area contributed by atoms with Crippen molar-refractivity contribution in [3.8, 4) is 0 Å². The summed E-state index contributed by atoms with van der Waals surface area (Å²) in [5.74, 6) is -0.359. The van der Waals surface area contributed by atoms with E-state index in [1.54, 1.807) is 30.3 Å². The van der Waals surface area contributed by atoms with Crippen LogP contribution in [0.15, 0.2) is 82.6 Å². The molecule has 4 rings (SSSR count). The first-order valence-electron chi connectivity index (χ1n) is 9.51. The van der Waals surface area contributed by atoms with Crippen molar-refractivity contribution < 1.29 is 9.59 Å². The molecule has 0 bridgehead atoms. The van der Waals surface area contributed by atoms with E-state index in [0.29, 0.717) is 27.7 Å². The summed E-state index contributed by atoms with van der Waals surface area (Å²) in [6.07, 6.45) is 2.57. The summed E-state index contributed by atoms with van der Waals surface area (Å²) in [7, 11) is 0. The van der Waals surface area contributed by atoms with Gasteiger partial charge in [0, 0.05) is 22.0 Å². The molecule has 0 spiro atoms. The lowest BCUT2D eigenvalue weighted by atomic mass is 10.1. The van der Waals surface area contributed by atoms with Crippen LogP contribution in [0.25, 0.3) is 6.08 Å². The molecule has 6 heteroatoms. The van der Waals surface area contributed by atoms with Crippen molar-refractivity contribution in [2.24, 2.45) is 0 Å². The van der Waals surface area contributed by atoms with Crippen molar-refractivity contribution in [3.05, 3.63) is 99.4 Å². The van der Waals surface area contributed by atoms with Crippen LogP contribution in [-0.2, 0) is 11.2 Å². The lowest BCUT2D eigenvalue weighted by molar-refractivity contribution is -0.112. The minimum Gasteiger partial charge on any atom is -0.352 e. The Kier molecular flexibility index (Phi) is 6.21. The number of rotatable bonds is 5. The molecular formula is C24H19ClN2O2S. The third-order valence-corrected chi connectivity index (χ3v) is 5.96. The molecule has 0 saturated heterocycles. The quantitative estimate of drug-likeness (QED) is 0.529. The van der Waals surface area contributed by atoms with Gasteiger partial charge in [0.05, 0.1) is 10.6 Å². The first-order valence-corrected chi connectivity index (χ1v) is 10.7. The number of carbonyl (C=O) groups is 2. The van der Waals surface area contributed by atoms with E-state index in [4.69, 9.17) is 11.6 Å². The molecule has 0 saturated carbocycles. The lowest BCUT2D eigenvalue weighted by Gasteiger charge is -2.19. The first-order chi connectivity index (χ1) is 14.6. The van der Waals surface area contributed by atoms with E-state index in [-0.39, 0.29) is 11.8 Å². The van der Waals surface area contributed by atoms with Gasteiger partial charge in [0.2, 0.25) is 0 Å². The lowest BCUT2D eigenvalue weighted by Crippen LogP contribution is -2.26. The van der Waals surface area contributed by atoms with Crippen molar-refractivity contribution in [1.82, 2.24) is 5.32 Å². The van der Waals surface area contributed by atoms with Crippen LogP contribution >= 0.6 is 23.4 Å². The fraction of sp³-hybridized carbons (Fsp3) is 0.0833. The number of carbonyl (C=O) groups excluding carboxylic acids is 2. The number of thioether (sulfide) groups is 1. The van der Waals surface area contributed by atoms with Gasteiger partial charge in [-0.25, -0.2) is 0 Å². The fourth-order valence-corrected chi connectivity index (χ4v) is 4.25. The van der Waals surface area contributed by atoms with Crippen molar-refractivity contribution in [3.63, 3.8) is 0 Å². The predicted octanol–water partition coefficient (Wildman–Crippen LogP) is 5.40. The molecule has 0 fully saturated rings. The molecule has 1 aliphatic heterocycles. The van der Waals surface area contributed by atoms with Crippen LogP contribution in [-0.4, -0.2) is 18.4 Å². The molecule has 2 N–H and O–H groups in total. The fourth-order valence-electron chi connectivity index (χ4n) is 3.12. The normalized spacial score (nSPS) is 14.2. The van der Waals surface area contributed by atoms with Crippen molar-refractivity contribution in [2.45, 2.75) is 11.3 Å². The first kappa shape index (κ1) is 20.3. The van der Waals surface area contributed by atoms with E-state index >= 15 is 0 Å². The molecule has 1 heterocycles.